The van der Waals surface area contributed by atoms with Crippen LogP contribution in [0.4, 0.5) is 10.2 Å². The van der Waals surface area contributed by atoms with E-state index in [0.717, 1.165) is 4.68 Å². The predicted molar refractivity (Wildman–Crippen MR) is 93.2 cm³/mol. The first-order valence-electron chi connectivity index (χ1n) is 7.45. The number of amides is 1. The van der Waals surface area contributed by atoms with Crippen LogP contribution in [0.2, 0.25) is 0 Å². The minimum atomic E-state index is -1.18. The molecular weight excluding hydrogens is 409 g/mol. The Morgan fingerprint density at radius 3 is 2.77 bits per heavy atom. The molecule has 0 aliphatic rings. The van der Waals surface area contributed by atoms with Gasteiger partial charge >= 0.3 is 5.97 Å². The average molecular weight is 422 g/mol. The minimum Gasteiger partial charge on any atom is -0.477 e. The van der Waals surface area contributed by atoms with E-state index in [-0.39, 0.29) is 30.4 Å². The van der Waals surface area contributed by atoms with Gasteiger partial charge in [-0.2, -0.15) is 10.2 Å². The highest BCUT2D eigenvalue weighted by Gasteiger charge is 2.16. The molecule has 0 saturated carbocycles. The van der Waals surface area contributed by atoms with Crippen LogP contribution in [-0.2, 0) is 17.9 Å². The molecule has 0 aliphatic heterocycles. The molecule has 0 atom stereocenters. The molecule has 134 valence electrons. The van der Waals surface area contributed by atoms with E-state index in [1.807, 2.05) is 0 Å². The van der Waals surface area contributed by atoms with E-state index in [1.54, 1.807) is 24.4 Å². The van der Waals surface area contributed by atoms with Crippen molar-refractivity contribution in [2.45, 2.75) is 13.1 Å². The summed E-state index contributed by atoms with van der Waals surface area (Å²) in [5.74, 6) is -1.77. The fourth-order valence-corrected chi connectivity index (χ4v) is 2.73. The Morgan fingerprint density at radius 1 is 1.27 bits per heavy atom. The lowest BCUT2D eigenvalue weighted by atomic mass is 10.2. The molecule has 8 nitrogen and oxygen atoms in total. The SMILES string of the molecule is O=C(Cn1nccc1C(=O)O)Nc1nn(Cc2ccccc2F)cc1Br. The third kappa shape index (κ3) is 3.97. The highest BCUT2D eigenvalue weighted by molar-refractivity contribution is 9.10. The van der Waals surface area contributed by atoms with Crippen molar-refractivity contribution in [1.82, 2.24) is 19.6 Å². The number of carbonyl (C=O) groups is 2. The molecule has 0 aliphatic carbocycles. The highest BCUT2D eigenvalue weighted by Crippen LogP contribution is 2.21. The molecule has 0 bridgehead atoms. The van der Waals surface area contributed by atoms with Crippen LogP contribution in [0.5, 0.6) is 0 Å². The minimum absolute atomic E-state index is 0.0932. The smallest absolute Gasteiger partial charge is 0.354 e. The van der Waals surface area contributed by atoms with Gasteiger partial charge in [0.05, 0.1) is 11.0 Å². The van der Waals surface area contributed by atoms with Crippen molar-refractivity contribution in [3.63, 3.8) is 0 Å². The Balaban J connectivity index is 1.69. The van der Waals surface area contributed by atoms with E-state index in [0.29, 0.717) is 10.0 Å². The molecule has 2 heterocycles. The standard InChI is InChI=1S/C16H13BrFN5O3/c17-11-8-22(7-10-3-1-2-4-12(10)18)21-15(11)20-14(24)9-23-13(16(25)26)5-6-19-23/h1-6,8H,7,9H2,(H,25,26)(H,20,21,24). The quantitative estimate of drug-likeness (QED) is 0.635. The van der Waals surface area contributed by atoms with Crippen molar-refractivity contribution < 1.29 is 19.1 Å². The Labute approximate surface area is 155 Å². The number of nitrogens with zero attached hydrogens (tertiary/aromatic N) is 4. The topological polar surface area (TPSA) is 102 Å². The molecule has 2 aromatic heterocycles. The van der Waals surface area contributed by atoms with Gasteiger partial charge in [0.1, 0.15) is 18.1 Å². The van der Waals surface area contributed by atoms with Gasteiger partial charge in [-0.1, -0.05) is 18.2 Å². The summed E-state index contributed by atoms with van der Waals surface area (Å²) in [6.45, 7) is -0.0787. The Kier molecular flexibility index (Phi) is 5.12. The van der Waals surface area contributed by atoms with Crippen molar-refractivity contribution in [1.29, 1.82) is 0 Å². The van der Waals surface area contributed by atoms with E-state index >= 15 is 0 Å². The van der Waals surface area contributed by atoms with Gasteiger partial charge in [0, 0.05) is 18.0 Å². The number of carboxylic acid groups (broad SMARTS) is 1. The van der Waals surface area contributed by atoms with Crippen LogP contribution in [0, 0.1) is 5.82 Å². The van der Waals surface area contributed by atoms with Gasteiger partial charge < -0.3 is 10.4 Å². The number of halogens is 2. The number of nitrogens with one attached hydrogen (secondary N) is 1. The summed E-state index contributed by atoms with van der Waals surface area (Å²) >= 11 is 3.28. The molecule has 1 aromatic carbocycles. The molecule has 3 aromatic rings. The van der Waals surface area contributed by atoms with Crippen LogP contribution in [0.1, 0.15) is 16.1 Å². The summed E-state index contributed by atoms with van der Waals surface area (Å²) < 4.78 is 16.8. The van der Waals surface area contributed by atoms with E-state index in [2.05, 4.69) is 31.4 Å². The maximum absolute atomic E-state index is 13.7. The second kappa shape index (κ2) is 7.48. The van der Waals surface area contributed by atoms with E-state index < -0.39 is 11.9 Å². The summed E-state index contributed by atoms with van der Waals surface area (Å²) in [7, 11) is 0. The molecule has 0 unspecified atom stereocenters. The average Bonchev–Trinajstić information content (AvgIpc) is 3.17. The fraction of sp³-hybridized carbons (Fsp3) is 0.125. The van der Waals surface area contributed by atoms with Gasteiger partial charge in [0.2, 0.25) is 5.91 Å². The number of rotatable bonds is 6. The van der Waals surface area contributed by atoms with Gasteiger partial charge in [-0.25, -0.2) is 13.9 Å². The van der Waals surface area contributed by atoms with Crippen molar-refractivity contribution in [2.24, 2.45) is 0 Å². The van der Waals surface area contributed by atoms with Crippen molar-refractivity contribution in [3.8, 4) is 0 Å². The first-order valence-corrected chi connectivity index (χ1v) is 8.24. The lowest BCUT2D eigenvalue weighted by Gasteiger charge is -2.05. The number of carbonyl (C=O) groups excluding carboxylic acids is 1. The largest absolute Gasteiger partial charge is 0.477 e. The Morgan fingerprint density at radius 2 is 2.04 bits per heavy atom. The normalized spacial score (nSPS) is 10.7. The van der Waals surface area contributed by atoms with Gasteiger partial charge in [-0.05, 0) is 28.1 Å². The number of aromatic nitrogens is 4. The number of anilines is 1. The lowest BCUT2D eigenvalue weighted by molar-refractivity contribution is -0.116. The lowest BCUT2D eigenvalue weighted by Crippen LogP contribution is -2.22. The molecule has 1 amide bonds. The van der Waals surface area contributed by atoms with E-state index in [4.69, 9.17) is 5.11 Å². The summed E-state index contributed by atoms with van der Waals surface area (Å²) in [4.78, 5) is 23.2. The molecule has 0 radical (unpaired) electrons. The van der Waals surface area contributed by atoms with Crippen LogP contribution >= 0.6 is 15.9 Å². The van der Waals surface area contributed by atoms with Crippen molar-refractivity contribution in [3.05, 3.63) is 64.3 Å². The molecule has 10 heteroatoms. The molecule has 0 saturated heterocycles. The maximum atomic E-state index is 13.7. The number of hydrogen-bond donors (Lipinski definition) is 2. The van der Waals surface area contributed by atoms with Gasteiger partial charge in [0.15, 0.2) is 5.82 Å². The van der Waals surface area contributed by atoms with Crippen LogP contribution in [0.25, 0.3) is 0 Å². The number of benzene rings is 1. The molecule has 2 N–H and O–H groups in total. The third-order valence-corrected chi connectivity index (χ3v) is 4.07. The van der Waals surface area contributed by atoms with Crippen LogP contribution < -0.4 is 5.32 Å². The first-order chi connectivity index (χ1) is 12.4. The Bertz CT molecular complexity index is 968. The fourth-order valence-electron chi connectivity index (χ4n) is 2.31. The molecule has 26 heavy (non-hydrogen) atoms. The summed E-state index contributed by atoms with van der Waals surface area (Å²) in [5.41, 5.74) is 0.368. The zero-order chi connectivity index (χ0) is 18.7. The van der Waals surface area contributed by atoms with Crippen LogP contribution in [0.3, 0.4) is 0 Å². The van der Waals surface area contributed by atoms with Crippen LogP contribution in [-0.4, -0.2) is 36.5 Å². The van der Waals surface area contributed by atoms with E-state index in [1.165, 1.54) is 23.0 Å². The monoisotopic (exact) mass is 421 g/mol. The highest BCUT2D eigenvalue weighted by atomic mass is 79.9. The first kappa shape index (κ1) is 17.8. The number of carboxylic acids is 1. The zero-order valence-electron chi connectivity index (χ0n) is 13.3. The second-order valence-corrected chi connectivity index (χ2v) is 6.20. The van der Waals surface area contributed by atoms with Crippen LogP contribution in [0.15, 0.2) is 47.2 Å². The summed E-state index contributed by atoms with van der Waals surface area (Å²) in [6.07, 6.45) is 2.91. The maximum Gasteiger partial charge on any atom is 0.354 e. The van der Waals surface area contributed by atoms with Gasteiger partial charge in [-0.15, -0.1) is 0 Å². The van der Waals surface area contributed by atoms with E-state index in [9.17, 15) is 14.0 Å². The molecular formula is C16H13BrFN5O3. The Hall–Kier alpha value is -3.01. The predicted octanol–water partition coefficient (Wildman–Crippen LogP) is 2.37. The number of hydrogen-bond acceptors (Lipinski definition) is 4. The second-order valence-electron chi connectivity index (χ2n) is 5.34. The zero-order valence-corrected chi connectivity index (χ0v) is 14.9. The van der Waals surface area contributed by atoms with Gasteiger partial charge in [0.25, 0.3) is 0 Å². The third-order valence-electron chi connectivity index (χ3n) is 3.49. The van der Waals surface area contributed by atoms with Gasteiger partial charge in [-0.3, -0.25) is 9.48 Å². The number of aromatic carboxylic acids is 1. The van der Waals surface area contributed by atoms with Crippen molar-refractivity contribution >= 4 is 33.6 Å². The summed E-state index contributed by atoms with van der Waals surface area (Å²) in [5, 5.41) is 19.6. The summed E-state index contributed by atoms with van der Waals surface area (Å²) in [6, 6.07) is 7.64. The van der Waals surface area contributed by atoms with Crippen molar-refractivity contribution in [2.75, 3.05) is 5.32 Å². The molecule has 3 rings (SSSR count). The molecule has 0 fully saturated rings. The molecule has 0 spiro atoms.